The molecule has 0 saturated heterocycles. The topological polar surface area (TPSA) is 52.8 Å². The second-order valence-corrected chi connectivity index (χ2v) is 7.54. The molecule has 0 fully saturated rings. The standard InChI is InChI=1S/C23H24N4O/c1-14(2)19-9-6-15(3)10-21(19)28-23-20-12-26-27(22(20)24-13-25-23)18-8-7-16(4)17(5)11-18/h6-14H,1-5H3. The van der Waals surface area contributed by atoms with Gasteiger partial charge in [0, 0.05) is 0 Å². The maximum atomic E-state index is 6.25. The second kappa shape index (κ2) is 7.08. The van der Waals surface area contributed by atoms with Gasteiger partial charge in [-0.05, 0) is 67.1 Å². The Kier molecular flexibility index (Phi) is 4.59. The van der Waals surface area contributed by atoms with Gasteiger partial charge < -0.3 is 4.74 Å². The summed E-state index contributed by atoms with van der Waals surface area (Å²) in [5.41, 5.74) is 6.47. The molecule has 0 aliphatic rings. The van der Waals surface area contributed by atoms with Gasteiger partial charge in [0.1, 0.15) is 17.5 Å². The number of fused-ring (bicyclic) bond motifs is 1. The van der Waals surface area contributed by atoms with Crippen LogP contribution >= 0.6 is 0 Å². The second-order valence-electron chi connectivity index (χ2n) is 7.54. The normalized spacial score (nSPS) is 11.4. The monoisotopic (exact) mass is 372 g/mol. The van der Waals surface area contributed by atoms with Crippen LogP contribution in [-0.2, 0) is 0 Å². The zero-order valence-electron chi connectivity index (χ0n) is 16.9. The molecule has 0 amide bonds. The van der Waals surface area contributed by atoms with E-state index in [2.05, 4.69) is 86.1 Å². The molecule has 0 saturated carbocycles. The molecule has 4 aromatic rings. The van der Waals surface area contributed by atoms with Crippen molar-refractivity contribution >= 4 is 11.0 Å². The fraction of sp³-hybridized carbons (Fsp3) is 0.261. The van der Waals surface area contributed by atoms with E-state index in [1.807, 2.05) is 4.68 Å². The summed E-state index contributed by atoms with van der Waals surface area (Å²) in [5, 5.41) is 5.34. The summed E-state index contributed by atoms with van der Waals surface area (Å²) in [6.07, 6.45) is 3.30. The molecule has 5 nitrogen and oxygen atoms in total. The van der Waals surface area contributed by atoms with Crippen LogP contribution in [-0.4, -0.2) is 19.7 Å². The molecular formula is C23H24N4O. The van der Waals surface area contributed by atoms with Crippen LogP contribution in [0.25, 0.3) is 16.7 Å². The molecule has 28 heavy (non-hydrogen) atoms. The molecule has 0 N–H and O–H groups in total. The van der Waals surface area contributed by atoms with Crippen LogP contribution in [0.1, 0.15) is 42.0 Å². The molecule has 0 bridgehead atoms. The summed E-state index contributed by atoms with van der Waals surface area (Å²) in [5.74, 6) is 1.70. The summed E-state index contributed by atoms with van der Waals surface area (Å²) in [6, 6.07) is 12.5. The fourth-order valence-corrected chi connectivity index (χ4v) is 3.26. The van der Waals surface area contributed by atoms with E-state index in [-0.39, 0.29) is 0 Å². The molecule has 2 aromatic heterocycles. The average molecular weight is 372 g/mol. The third-order valence-electron chi connectivity index (χ3n) is 5.06. The van der Waals surface area contributed by atoms with Gasteiger partial charge in [-0.25, -0.2) is 14.6 Å². The minimum absolute atomic E-state index is 0.353. The quantitative estimate of drug-likeness (QED) is 0.464. The van der Waals surface area contributed by atoms with Crippen molar-refractivity contribution in [2.75, 3.05) is 0 Å². The summed E-state index contributed by atoms with van der Waals surface area (Å²) < 4.78 is 8.08. The molecule has 0 spiro atoms. The van der Waals surface area contributed by atoms with Gasteiger partial charge in [0.25, 0.3) is 0 Å². The van der Waals surface area contributed by atoms with Gasteiger partial charge in [-0.3, -0.25) is 0 Å². The number of hydrogen-bond donors (Lipinski definition) is 0. The average Bonchev–Trinajstić information content (AvgIpc) is 3.09. The summed E-state index contributed by atoms with van der Waals surface area (Å²) >= 11 is 0. The van der Waals surface area contributed by atoms with Gasteiger partial charge in [-0.15, -0.1) is 0 Å². The van der Waals surface area contributed by atoms with Crippen molar-refractivity contribution in [1.29, 1.82) is 0 Å². The Balaban J connectivity index is 1.80. The van der Waals surface area contributed by atoms with Crippen LogP contribution in [0.3, 0.4) is 0 Å². The largest absolute Gasteiger partial charge is 0.438 e. The number of hydrogen-bond acceptors (Lipinski definition) is 4. The van der Waals surface area contributed by atoms with E-state index in [1.54, 1.807) is 6.20 Å². The van der Waals surface area contributed by atoms with Gasteiger partial charge in [-0.2, -0.15) is 5.10 Å². The zero-order chi connectivity index (χ0) is 19.8. The smallest absolute Gasteiger partial charge is 0.233 e. The van der Waals surface area contributed by atoms with Crippen LogP contribution in [0, 0.1) is 20.8 Å². The van der Waals surface area contributed by atoms with Crippen LogP contribution < -0.4 is 4.74 Å². The fourth-order valence-electron chi connectivity index (χ4n) is 3.26. The SMILES string of the molecule is Cc1ccc(C(C)C)c(Oc2ncnc3c2cnn3-c2ccc(C)c(C)c2)c1. The van der Waals surface area contributed by atoms with Crippen molar-refractivity contribution in [1.82, 2.24) is 19.7 Å². The van der Waals surface area contributed by atoms with Gasteiger partial charge in [0.05, 0.1) is 11.9 Å². The van der Waals surface area contributed by atoms with E-state index >= 15 is 0 Å². The first-order valence-corrected chi connectivity index (χ1v) is 9.49. The Morgan fingerprint density at radius 1 is 0.929 bits per heavy atom. The summed E-state index contributed by atoms with van der Waals surface area (Å²) in [4.78, 5) is 8.84. The molecule has 2 heterocycles. The van der Waals surface area contributed by atoms with E-state index in [4.69, 9.17) is 4.74 Å². The zero-order valence-corrected chi connectivity index (χ0v) is 16.9. The van der Waals surface area contributed by atoms with E-state index in [0.29, 0.717) is 11.8 Å². The molecule has 142 valence electrons. The Morgan fingerprint density at radius 2 is 1.75 bits per heavy atom. The predicted octanol–water partition coefficient (Wildman–Crippen LogP) is 5.66. The van der Waals surface area contributed by atoms with Crippen molar-refractivity contribution in [2.45, 2.75) is 40.5 Å². The van der Waals surface area contributed by atoms with Crippen LogP contribution in [0.15, 0.2) is 48.9 Å². The molecule has 0 unspecified atom stereocenters. The highest BCUT2D eigenvalue weighted by molar-refractivity contribution is 5.81. The molecule has 0 aliphatic heterocycles. The van der Waals surface area contributed by atoms with Crippen LogP contribution in [0.4, 0.5) is 0 Å². The van der Waals surface area contributed by atoms with Gasteiger partial charge in [0.15, 0.2) is 5.65 Å². The maximum absolute atomic E-state index is 6.25. The number of ether oxygens (including phenoxy) is 1. The Labute approximate surface area is 165 Å². The first-order chi connectivity index (χ1) is 13.4. The van der Waals surface area contributed by atoms with E-state index in [0.717, 1.165) is 33.6 Å². The van der Waals surface area contributed by atoms with Gasteiger partial charge >= 0.3 is 0 Å². The van der Waals surface area contributed by atoms with Crippen molar-refractivity contribution in [3.05, 3.63) is 71.2 Å². The van der Waals surface area contributed by atoms with E-state index in [1.165, 1.54) is 17.5 Å². The third kappa shape index (κ3) is 3.24. The van der Waals surface area contributed by atoms with Crippen molar-refractivity contribution < 1.29 is 4.74 Å². The highest BCUT2D eigenvalue weighted by Gasteiger charge is 2.16. The molecule has 0 radical (unpaired) electrons. The predicted molar refractivity (Wildman–Crippen MR) is 111 cm³/mol. The summed E-state index contributed by atoms with van der Waals surface area (Å²) in [6.45, 7) is 10.6. The van der Waals surface area contributed by atoms with Crippen LogP contribution in [0.2, 0.25) is 0 Å². The first-order valence-electron chi connectivity index (χ1n) is 9.49. The molecular weight excluding hydrogens is 348 g/mol. The van der Waals surface area contributed by atoms with E-state index < -0.39 is 0 Å². The highest BCUT2D eigenvalue weighted by Crippen LogP contribution is 2.33. The number of aromatic nitrogens is 4. The molecule has 0 aliphatic carbocycles. The van der Waals surface area contributed by atoms with Crippen LogP contribution in [0.5, 0.6) is 11.6 Å². The lowest BCUT2D eigenvalue weighted by molar-refractivity contribution is 0.459. The Morgan fingerprint density at radius 3 is 2.50 bits per heavy atom. The van der Waals surface area contributed by atoms with Gasteiger partial charge in [-0.1, -0.05) is 32.0 Å². The molecule has 4 rings (SSSR count). The lowest BCUT2D eigenvalue weighted by Gasteiger charge is -2.14. The van der Waals surface area contributed by atoms with Crippen molar-refractivity contribution in [3.8, 4) is 17.3 Å². The number of nitrogens with zero attached hydrogens (tertiary/aromatic N) is 4. The molecule has 0 atom stereocenters. The Hall–Kier alpha value is -3.21. The van der Waals surface area contributed by atoms with E-state index in [9.17, 15) is 0 Å². The third-order valence-corrected chi connectivity index (χ3v) is 5.06. The molecule has 2 aromatic carbocycles. The highest BCUT2D eigenvalue weighted by atomic mass is 16.5. The number of aryl methyl sites for hydroxylation is 3. The number of benzene rings is 2. The minimum atomic E-state index is 0.353. The Bertz CT molecular complexity index is 1160. The number of rotatable bonds is 4. The minimum Gasteiger partial charge on any atom is -0.438 e. The lowest BCUT2D eigenvalue weighted by atomic mass is 10.0. The molecule has 5 heteroatoms. The first kappa shape index (κ1) is 18.2. The van der Waals surface area contributed by atoms with Gasteiger partial charge in [0.2, 0.25) is 5.88 Å². The maximum Gasteiger partial charge on any atom is 0.233 e. The van der Waals surface area contributed by atoms with Crippen molar-refractivity contribution in [3.63, 3.8) is 0 Å². The summed E-state index contributed by atoms with van der Waals surface area (Å²) in [7, 11) is 0. The van der Waals surface area contributed by atoms with Crippen molar-refractivity contribution in [2.24, 2.45) is 0 Å². The lowest BCUT2D eigenvalue weighted by Crippen LogP contribution is -2.00.